The molecule has 0 spiro atoms. The van der Waals surface area contributed by atoms with Gasteiger partial charge in [-0.25, -0.2) is 9.78 Å². The highest BCUT2D eigenvalue weighted by molar-refractivity contribution is 7.86. The number of hydrogen-bond donors (Lipinski definition) is 1. The molecule has 0 unspecified atom stereocenters. The molecule has 0 aliphatic carbocycles. The molecule has 0 atom stereocenters. The Morgan fingerprint density at radius 1 is 1.19 bits per heavy atom. The second-order valence-electron chi connectivity index (χ2n) is 7.26. The minimum absolute atomic E-state index is 0.0947. The molecule has 1 aromatic carbocycles. The van der Waals surface area contributed by atoms with Crippen molar-refractivity contribution in [1.82, 2.24) is 9.38 Å². The Hall–Kier alpha value is -3.36. The summed E-state index contributed by atoms with van der Waals surface area (Å²) in [5.74, 6) is -0.566. The van der Waals surface area contributed by atoms with Crippen LogP contribution in [0.4, 0.5) is 0 Å². The van der Waals surface area contributed by atoms with E-state index in [0.29, 0.717) is 21.9 Å². The number of nitrogens with zero attached hydrogens (tertiary/aromatic N) is 4. The van der Waals surface area contributed by atoms with Crippen molar-refractivity contribution in [3.8, 4) is 17.0 Å². The largest absolute Gasteiger partial charge is 0.477 e. The minimum atomic E-state index is -0.412. The second kappa shape index (κ2) is 9.02. The molecule has 0 aliphatic heterocycles. The summed E-state index contributed by atoms with van der Waals surface area (Å²) in [5, 5.41) is 11.6. The number of fused-ring (bicyclic) bond motifs is 1. The van der Waals surface area contributed by atoms with Gasteiger partial charge in [-0.3, -0.25) is 4.79 Å². The molecule has 9 heteroatoms. The standard InChI is InChI=1S/C23H19ClN4O3S/c1-32(2)26-21(29)17-7-5-6-16(12-17)20-22(30)27-11-4-3-8-19(27)28(23(20)31)14-15-9-10-18(24)25-13-15/h3-13H,14H2,1-2H3/p+1. The number of hydrogen-bond acceptors (Lipinski definition) is 4. The summed E-state index contributed by atoms with van der Waals surface area (Å²) in [5.41, 5.74) is 1.80. The first-order chi connectivity index (χ1) is 15.3. The van der Waals surface area contributed by atoms with E-state index in [2.05, 4.69) is 9.35 Å². The third-order valence-electron chi connectivity index (χ3n) is 4.82. The highest BCUT2D eigenvalue weighted by Crippen LogP contribution is 2.25. The van der Waals surface area contributed by atoms with Gasteiger partial charge in [0, 0.05) is 23.4 Å². The summed E-state index contributed by atoms with van der Waals surface area (Å²) < 4.78 is 7.16. The van der Waals surface area contributed by atoms with E-state index in [0.717, 1.165) is 5.56 Å². The zero-order valence-electron chi connectivity index (χ0n) is 17.4. The molecule has 0 saturated carbocycles. The van der Waals surface area contributed by atoms with Crippen LogP contribution in [0, 0.1) is 0 Å². The van der Waals surface area contributed by atoms with Crippen molar-refractivity contribution in [1.29, 1.82) is 0 Å². The molecule has 1 amide bonds. The van der Waals surface area contributed by atoms with Crippen LogP contribution in [0.15, 0.2) is 76.1 Å². The quantitative estimate of drug-likeness (QED) is 0.368. The van der Waals surface area contributed by atoms with Crippen LogP contribution in [-0.2, 0) is 17.2 Å². The van der Waals surface area contributed by atoms with Crippen LogP contribution in [0.25, 0.3) is 16.8 Å². The first-order valence-corrected chi connectivity index (χ1v) is 12.0. The normalized spacial score (nSPS) is 11.1. The van der Waals surface area contributed by atoms with Gasteiger partial charge in [-0.15, -0.1) is 0 Å². The number of pyridine rings is 2. The van der Waals surface area contributed by atoms with Crippen molar-refractivity contribution in [2.45, 2.75) is 6.54 Å². The fraction of sp³-hybridized carbons (Fsp3) is 0.130. The van der Waals surface area contributed by atoms with E-state index in [-0.39, 0.29) is 23.9 Å². The third kappa shape index (κ3) is 4.32. The molecular weight excluding hydrogens is 448 g/mol. The molecule has 162 valence electrons. The van der Waals surface area contributed by atoms with E-state index in [1.807, 2.05) is 12.5 Å². The number of carbonyl (C=O) groups excluding carboxylic acids is 1. The summed E-state index contributed by atoms with van der Waals surface area (Å²) in [7, 11) is -0.412. The molecular formula is C23H20ClN4O3S+. The Bertz CT molecular complexity index is 1430. The van der Waals surface area contributed by atoms with E-state index in [4.69, 9.17) is 11.6 Å². The molecule has 3 heterocycles. The van der Waals surface area contributed by atoms with Gasteiger partial charge >= 0.3 is 5.56 Å². The van der Waals surface area contributed by atoms with Crippen LogP contribution in [0.1, 0.15) is 15.9 Å². The molecule has 0 saturated heterocycles. The summed E-state index contributed by atoms with van der Waals surface area (Å²) in [6.45, 7) is 0.263. The molecule has 4 aromatic rings. The van der Waals surface area contributed by atoms with Crippen LogP contribution < -0.4 is 10.1 Å². The highest BCUT2D eigenvalue weighted by atomic mass is 35.5. The van der Waals surface area contributed by atoms with Crippen molar-refractivity contribution in [3.63, 3.8) is 0 Å². The maximum absolute atomic E-state index is 13.3. The topological polar surface area (TPSA) is 87.9 Å². The third-order valence-corrected chi connectivity index (χ3v) is 5.57. The van der Waals surface area contributed by atoms with Gasteiger partial charge in [0.15, 0.2) is 5.56 Å². The molecule has 7 nitrogen and oxygen atoms in total. The van der Waals surface area contributed by atoms with Gasteiger partial charge in [0.2, 0.25) is 0 Å². The smallest absolute Gasteiger partial charge is 0.354 e. The van der Waals surface area contributed by atoms with Gasteiger partial charge in [-0.2, -0.15) is 13.3 Å². The Morgan fingerprint density at radius 3 is 2.72 bits per heavy atom. The van der Waals surface area contributed by atoms with Gasteiger partial charge < -0.3 is 5.11 Å². The lowest BCUT2D eigenvalue weighted by molar-refractivity contribution is -0.671. The molecule has 32 heavy (non-hydrogen) atoms. The number of aromatic hydroxyl groups is 1. The number of halogens is 1. The molecule has 0 bridgehead atoms. The predicted octanol–water partition coefficient (Wildman–Crippen LogP) is 3.26. The first-order valence-electron chi connectivity index (χ1n) is 9.66. The number of aromatic nitrogens is 3. The first kappa shape index (κ1) is 21.9. The van der Waals surface area contributed by atoms with Gasteiger partial charge in [0.1, 0.15) is 11.7 Å². The van der Waals surface area contributed by atoms with Crippen molar-refractivity contribution >= 4 is 33.8 Å². The maximum Gasteiger partial charge on any atom is 0.354 e. The summed E-state index contributed by atoms with van der Waals surface area (Å²) in [6, 6.07) is 15.3. The van der Waals surface area contributed by atoms with E-state index in [1.54, 1.807) is 71.6 Å². The predicted molar refractivity (Wildman–Crippen MR) is 125 cm³/mol. The lowest BCUT2D eigenvalue weighted by Crippen LogP contribution is -2.41. The number of rotatable bonds is 4. The van der Waals surface area contributed by atoms with E-state index in [9.17, 15) is 14.7 Å². The Morgan fingerprint density at radius 2 is 2.00 bits per heavy atom. The van der Waals surface area contributed by atoms with Crippen molar-refractivity contribution in [3.05, 3.63) is 93.6 Å². The van der Waals surface area contributed by atoms with Gasteiger partial charge in [0.05, 0.1) is 6.20 Å². The van der Waals surface area contributed by atoms with Gasteiger partial charge in [-0.1, -0.05) is 46.6 Å². The van der Waals surface area contributed by atoms with Crippen molar-refractivity contribution in [2.75, 3.05) is 12.5 Å². The zero-order valence-corrected chi connectivity index (χ0v) is 19.0. The Kier molecular flexibility index (Phi) is 6.16. The average Bonchev–Trinajstić information content (AvgIpc) is 2.78. The fourth-order valence-electron chi connectivity index (χ4n) is 3.40. The average molecular weight is 468 g/mol. The summed E-state index contributed by atoms with van der Waals surface area (Å²) in [6.07, 6.45) is 6.95. The Balaban J connectivity index is 1.93. The second-order valence-corrected chi connectivity index (χ2v) is 9.38. The fourth-order valence-corrected chi connectivity index (χ4v) is 3.95. The lowest BCUT2D eigenvalue weighted by atomic mass is 10.0. The van der Waals surface area contributed by atoms with Crippen LogP contribution in [-0.4, -0.2) is 32.9 Å². The van der Waals surface area contributed by atoms with Gasteiger partial charge in [-0.05, 0) is 42.3 Å². The van der Waals surface area contributed by atoms with Crippen LogP contribution in [0.3, 0.4) is 0 Å². The number of carbonyl (C=O) groups is 1. The van der Waals surface area contributed by atoms with E-state index < -0.39 is 16.3 Å². The summed E-state index contributed by atoms with van der Waals surface area (Å²) >= 11 is 5.89. The molecule has 0 radical (unpaired) electrons. The van der Waals surface area contributed by atoms with Gasteiger partial charge in [0.25, 0.3) is 17.4 Å². The maximum atomic E-state index is 13.3. The highest BCUT2D eigenvalue weighted by Gasteiger charge is 2.25. The number of amides is 1. The SMILES string of the molecule is CS(C)=NC(=O)c1cccc(-c2c(O)[n+](Cc3ccc(Cl)nc3)c3ccccn3c2=O)c1. The molecule has 0 fully saturated rings. The van der Waals surface area contributed by atoms with Crippen LogP contribution in [0.2, 0.25) is 5.15 Å². The van der Waals surface area contributed by atoms with E-state index >= 15 is 0 Å². The van der Waals surface area contributed by atoms with Crippen LogP contribution >= 0.6 is 11.6 Å². The lowest BCUT2D eigenvalue weighted by Gasteiger charge is -2.10. The minimum Gasteiger partial charge on any atom is -0.477 e. The van der Waals surface area contributed by atoms with Crippen molar-refractivity contribution in [2.24, 2.45) is 4.36 Å². The Labute approximate surface area is 191 Å². The summed E-state index contributed by atoms with van der Waals surface area (Å²) in [4.78, 5) is 29.8. The number of benzene rings is 1. The molecule has 4 rings (SSSR count). The van der Waals surface area contributed by atoms with Crippen LogP contribution in [0.5, 0.6) is 5.88 Å². The monoisotopic (exact) mass is 467 g/mol. The zero-order chi connectivity index (χ0) is 22.8. The molecule has 1 N–H and O–H groups in total. The van der Waals surface area contributed by atoms with Crippen molar-refractivity contribution < 1.29 is 14.5 Å². The van der Waals surface area contributed by atoms with E-state index in [1.165, 1.54) is 4.40 Å². The molecule has 3 aromatic heterocycles. The molecule has 0 aliphatic rings.